The molecule has 0 fully saturated rings. The van der Waals surface area contributed by atoms with Crippen molar-refractivity contribution in [2.75, 3.05) is 20.3 Å². The average molecular weight is 303 g/mol. The number of nitrogens with zero attached hydrogens (tertiary/aromatic N) is 1. The second-order valence-corrected chi connectivity index (χ2v) is 4.94. The van der Waals surface area contributed by atoms with Gasteiger partial charge in [-0.05, 0) is 13.0 Å². The summed E-state index contributed by atoms with van der Waals surface area (Å²) in [6.45, 7) is 1.53. The van der Waals surface area contributed by atoms with E-state index >= 15 is 0 Å². The summed E-state index contributed by atoms with van der Waals surface area (Å²) < 4.78 is 4.81. The highest BCUT2D eigenvalue weighted by molar-refractivity contribution is 6.34. The Morgan fingerprint density at radius 2 is 2.25 bits per heavy atom. The Kier molecular flexibility index (Phi) is 5.43. The SMILES string of the molecule is COCC(C)(O)CNC(=O)c1ccc([N+](=O)[O-])cc1Cl. The van der Waals surface area contributed by atoms with Gasteiger partial charge in [-0.25, -0.2) is 0 Å². The number of carbonyl (C=O) groups is 1. The van der Waals surface area contributed by atoms with Crippen molar-refractivity contribution in [3.63, 3.8) is 0 Å². The Balaban J connectivity index is 2.76. The number of rotatable bonds is 6. The Labute approximate surface area is 120 Å². The number of ether oxygens (including phenoxy) is 1. The molecule has 1 aromatic carbocycles. The van der Waals surface area contributed by atoms with Gasteiger partial charge in [-0.1, -0.05) is 11.6 Å². The highest BCUT2D eigenvalue weighted by atomic mass is 35.5. The molecule has 2 N–H and O–H groups in total. The molecular weight excluding hydrogens is 288 g/mol. The molecule has 0 saturated heterocycles. The van der Waals surface area contributed by atoms with Gasteiger partial charge < -0.3 is 15.2 Å². The first kappa shape index (κ1) is 16.4. The maximum atomic E-state index is 11.9. The maximum Gasteiger partial charge on any atom is 0.270 e. The van der Waals surface area contributed by atoms with Crippen molar-refractivity contribution in [2.45, 2.75) is 12.5 Å². The van der Waals surface area contributed by atoms with Gasteiger partial charge in [0, 0.05) is 25.8 Å². The fourth-order valence-corrected chi connectivity index (χ4v) is 1.79. The molecule has 0 aliphatic heterocycles. The van der Waals surface area contributed by atoms with E-state index in [1.807, 2.05) is 0 Å². The standard InChI is InChI=1S/C12H15ClN2O5/c1-12(17,7-20-2)6-14-11(16)9-4-3-8(15(18)19)5-10(9)13/h3-5,17H,6-7H2,1-2H3,(H,14,16). The first-order valence-corrected chi connectivity index (χ1v) is 6.08. The minimum absolute atomic E-state index is 0.0249. The summed E-state index contributed by atoms with van der Waals surface area (Å²) in [6, 6.07) is 3.55. The lowest BCUT2D eigenvalue weighted by atomic mass is 10.1. The highest BCUT2D eigenvalue weighted by Crippen LogP contribution is 2.22. The summed E-state index contributed by atoms with van der Waals surface area (Å²) in [5.41, 5.74) is -1.30. The van der Waals surface area contributed by atoms with E-state index in [-0.39, 0.29) is 29.4 Å². The van der Waals surface area contributed by atoms with Crippen LogP contribution < -0.4 is 5.32 Å². The van der Waals surface area contributed by atoms with E-state index in [1.165, 1.54) is 26.2 Å². The van der Waals surface area contributed by atoms with E-state index in [4.69, 9.17) is 16.3 Å². The van der Waals surface area contributed by atoms with Crippen molar-refractivity contribution < 1.29 is 19.6 Å². The van der Waals surface area contributed by atoms with Gasteiger partial charge in [0.25, 0.3) is 11.6 Å². The number of aliphatic hydroxyl groups is 1. The lowest BCUT2D eigenvalue weighted by Gasteiger charge is -2.22. The lowest BCUT2D eigenvalue weighted by molar-refractivity contribution is -0.384. The molecule has 0 saturated carbocycles. The smallest absolute Gasteiger partial charge is 0.270 e. The topological polar surface area (TPSA) is 102 Å². The summed E-state index contributed by atoms with van der Waals surface area (Å²) in [5, 5.41) is 22.9. The predicted octanol–water partition coefficient (Wildman–Crippen LogP) is 1.38. The number of amides is 1. The third kappa shape index (κ3) is 4.44. The van der Waals surface area contributed by atoms with Crippen LogP contribution in [0.25, 0.3) is 0 Å². The molecule has 7 nitrogen and oxygen atoms in total. The summed E-state index contributed by atoms with van der Waals surface area (Å²) in [6.07, 6.45) is 0. The molecule has 1 atom stereocenters. The van der Waals surface area contributed by atoms with E-state index in [0.717, 1.165) is 6.07 Å². The Hall–Kier alpha value is -1.70. The first-order chi connectivity index (χ1) is 9.26. The summed E-state index contributed by atoms with van der Waals surface area (Å²) in [7, 11) is 1.43. The van der Waals surface area contributed by atoms with E-state index in [0.29, 0.717) is 0 Å². The van der Waals surface area contributed by atoms with Gasteiger partial charge in [0.2, 0.25) is 0 Å². The van der Waals surface area contributed by atoms with Crippen LogP contribution in [-0.2, 0) is 4.74 Å². The maximum absolute atomic E-state index is 11.9. The molecular formula is C12H15ClN2O5. The fourth-order valence-electron chi connectivity index (χ4n) is 1.53. The fraction of sp³-hybridized carbons (Fsp3) is 0.417. The largest absolute Gasteiger partial charge is 0.386 e. The minimum atomic E-state index is -1.21. The van der Waals surface area contributed by atoms with Gasteiger partial charge in [0.05, 0.1) is 22.1 Å². The zero-order chi connectivity index (χ0) is 15.3. The van der Waals surface area contributed by atoms with Crippen LogP contribution in [0.5, 0.6) is 0 Å². The normalized spacial score (nSPS) is 13.6. The van der Waals surface area contributed by atoms with Crippen LogP contribution in [0.4, 0.5) is 5.69 Å². The number of methoxy groups -OCH3 is 1. The molecule has 0 aromatic heterocycles. The summed E-state index contributed by atoms with van der Waals surface area (Å²) >= 11 is 5.83. The van der Waals surface area contributed by atoms with Gasteiger partial charge in [-0.3, -0.25) is 14.9 Å². The molecule has 0 bridgehead atoms. The van der Waals surface area contributed by atoms with E-state index in [9.17, 15) is 20.0 Å². The monoisotopic (exact) mass is 302 g/mol. The lowest BCUT2D eigenvalue weighted by Crippen LogP contribution is -2.43. The molecule has 1 aromatic rings. The van der Waals surface area contributed by atoms with Crippen LogP contribution in [0, 0.1) is 10.1 Å². The summed E-state index contributed by atoms with van der Waals surface area (Å²) in [4.78, 5) is 21.8. The number of hydrogen-bond acceptors (Lipinski definition) is 5. The van der Waals surface area contributed by atoms with Crippen molar-refractivity contribution in [1.29, 1.82) is 0 Å². The van der Waals surface area contributed by atoms with Crippen LogP contribution in [0.1, 0.15) is 17.3 Å². The molecule has 0 radical (unpaired) electrons. The van der Waals surface area contributed by atoms with Crippen LogP contribution >= 0.6 is 11.6 Å². The second kappa shape index (κ2) is 6.65. The van der Waals surface area contributed by atoms with Gasteiger partial charge in [-0.15, -0.1) is 0 Å². The zero-order valence-electron chi connectivity index (χ0n) is 11.1. The Morgan fingerprint density at radius 1 is 1.60 bits per heavy atom. The number of carbonyl (C=O) groups excluding carboxylic acids is 1. The highest BCUT2D eigenvalue weighted by Gasteiger charge is 2.22. The molecule has 0 aliphatic carbocycles. The van der Waals surface area contributed by atoms with Crippen LogP contribution in [0.3, 0.4) is 0 Å². The molecule has 20 heavy (non-hydrogen) atoms. The quantitative estimate of drug-likeness (QED) is 0.610. The summed E-state index contributed by atoms with van der Waals surface area (Å²) in [5.74, 6) is -0.527. The molecule has 0 spiro atoms. The molecule has 0 aliphatic rings. The number of halogens is 1. The van der Waals surface area contributed by atoms with Gasteiger partial charge in [0.15, 0.2) is 0 Å². The molecule has 0 heterocycles. The van der Waals surface area contributed by atoms with Crippen molar-refractivity contribution in [1.82, 2.24) is 5.32 Å². The predicted molar refractivity (Wildman–Crippen MR) is 72.9 cm³/mol. The number of nitrogens with one attached hydrogen (secondary N) is 1. The van der Waals surface area contributed by atoms with Crippen LogP contribution in [0.2, 0.25) is 5.02 Å². The van der Waals surface area contributed by atoms with Gasteiger partial charge in [-0.2, -0.15) is 0 Å². The number of nitro benzene ring substituents is 1. The molecule has 110 valence electrons. The first-order valence-electron chi connectivity index (χ1n) is 5.70. The molecule has 1 amide bonds. The van der Waals surface area contributed by atoms with E-state index < -0.39 is 16.4 Å². The second-order valence-electron chi connectivity index (χ2n) is 4.53. The molecule has 1 unspecified atom stereocenters. The number of hydrogen-bond donors (Lipinski definition) is 2. The van der Waals surface area contributed by atoms with Crippen molar-refractivity contribution in [3.05, 3.63) is 38.9 Å². The van der Waals surface area contributed by atoms with Gasteiger partial charge in [0.1, 0.15) is 5.60 Å². The third-order valence-electron chi connectivity index (χ3n) is 2.49. The Bertz CT molecular complexity index is 519. The number of non-ortho nitro benzene ring substituents is 1. The van der Waals surface area contributed by atoms with Crippen molar-refractivity contribution >= 4 is 23.2 Å². The van der Waals surface area contributed by atoms with Crippen LogP contribution in [0.15, 0.2) is 18.2 Å². The van der Waals surface area contributed by atoms with Crippen LogP contribution in [-0.4, -0.2) is 41.8 Å². The van der Waals surface area contributed by atoms with E-state index in [1.54, 1.807) is 0 Å². The Morgan fingerprint density at radius 3 is 2.75 bits per heavy atom. The van der Waals surface area contributed by atoms with Crippen molar-refractivity contribution in [3.8, 4) is 0 Å². The minimum Gasteiger partial charge on any atom is -0.386 e. The third-order valence-corrected chi connectivity index (χ3v) is 2.81. The van der Waals surface area contributed by atoms with Crippen molar-refractivity contribution in [2.24, 2.45) is 0 Å². The van der Waals surface area contributed by atoms with Gasteiger partial charge >= 0.3 is 0 Å². The zero-order valence-corrected chi connectivity index (χ0v) is 11.8. The number of nitro groups is 1. The average Bonchev–Trinajstić information content (AvgIpc) is 2.35. The molecule has 8 heteroatoms. The molecule has 1 rings (SSSR count). The van der Waals surface area contributed by atoms with E-state index in [2.05, 4.69) is 5.32 Å². The number of benzene rings is 1.